The summed E-state index contributed by atoms with van der Waals surface area (Å²) in [6, 6.07) is 3.21. The second-order valence-electron chi connectivity index (χ2n) is 3.57. The number of aliphatic hydroxyl groups excluding tert-OH is 1. The topological polar surface area (TPSA) is 73.9 Å². The molecule has 17 heavy (non-hydrogen) atoms. The molecule has 96 valence electrons. The Morgan fingerprint density at radius 2 is 1.59 bits per heavy atom. The highest BCUT2D eigenvalue weighted by atomic mass is 16.5. The summed E-state index contributed by atoms with van der Waals surface area (Å²) in [4.78, 5) is 0. The van der Waals surface area contributed by atoms with Crippen molar-refractivity contribution in [2.45, 2.75) is 12.5 Å². The van der Waals surface area contributed by atoms with Gasteiger partial charge in [0.25, 0.3) is 0 Å². The van der Waals surface area contributed by atoms with Crippen molar-refractivity contribution in [2.24, 2.45) is 5.73 Å². The molecule has 1 unspecified atom stereocenters. The highest BCUT2D eigenvalue weighted by Gasteiger charge is 2.16. The summed E-state index contributed by atoms with van der Waals surface area (Å²) in [5.74, 6) is 1.81. The van der Waals surface area contributed by atoms with Gasteiger partial charge in [-0.1, -0.05) is 0 Å². The quantitative estimate of drug-likeness (QED) is 0.780. The average Bonchev–Trinajstić information content (AvgIpc) is 2.37. The molecule has 1 aromatic rings. The lowest BCUT2D eigenvalue weighted by Crippen LogP contribution is -2.13. The van der Waals surface area contributed by atoms with E-state index in [4.69, 9.17) is 25.1 Å². The number of hydrogen-bond donors (Lipinski definition) is 2. The summed E-state index contributed by atoms with van der Waals surface area (Å²) in [6.45, 7) is 0.0265. The van der Waals surface area contributed by atoms with Gasteiger partial charge >= 0.3 is 0 Å². The van der Waals surface area contributed by atoms with E-state index >= 15 is 0 Å². The van der Waals surface area contributed by atoms with E-state index in [0.717, 1.165) is 5.56 Å². The first-order valence-electron chi connectivity index (χ1n) is 5.34. The van der Waals surface area contributed by atoms with E-state index in [-0.39, 0.29) is 12.6 Å². The molecule has 0 amide bonds. The van der Waals surface area contributed by atoms with E-state index in [2.05, 4.69) is 0 Å². The Balaban J connectivity index is 3.18. The number of methoxy groups -OCH3 is 3. The molecule has 1 rings (SSSR count). The van der Waals surface area contributed by atoms with Gasteiger partial charge in [0.1, 0.15) is 5.75 Å². The molecule has 0 saturated carbocycles. The molecule has 0 heterocycles. The standard InChI is InChI=1S/C12H19NO4/c1-15-10-7-12(17-3)11(16-2)6-8(10)9(13)4-5-14/h6-7,9,14H,4-5,13H2,1-3H3. The van der Waals surface area contributed by atoms with Crippen molar-refractivity contribution in [3.8, 4) is 17.2 Å². The van der Waals surface area contributed by atoms with Crippen LogP contribution in [-0.4, -0.2) is 33.0 Å². The zero-order valence-electron chi connectivity index (χ0n) is 10.4. The van der Waals surface area contributed by atoms with Crippen LogP contribution in [0.15, 0.2) is 12.1 Å². The molecule has 1 atom stereocenters. The zero-order chi connectivity index (χ0) is 12.8. The van der Waals surface area contributed by atoms with Crippen LogP contribution in [0.3, 0.4) is 0 Å². The molecule has 0 radical (unpaired) electrons. The fourth-order valence-electron chi connectivity index (χ4n) is 1.64. The van der Waals surface area contributed by atoms with Gasteiger partial charge in [-0.3, -0.25) is 0 Å². The van der Waals surface area contributed by atoms with Crippen LogP contribution < -0.4 is 19.9 Å². The molecule has 0 bridgehead atoms. The van der Waals surface area contributed by atoms with Gasteiger partial charge in [0.15, 0.2) is 11.5 Å². The van der Waals surface area contributed by atoms with Crippen LogP contribution in [0.2, 0.25) is 0 Å². The van der Waals surface area contributed by atoms with Crippen molar-refractivity contribution in [3.63, 3.8) is 0 Å². The molecular weight excluding hydrogens is 222 g/mol. The fraction of sp³-hybridized carbons (Fsp3) is 0.500. The van der Waals surface area contributed by atoms with E-state index < -0.39 is 0 Å². The second-order valence-corrected chi connectivity index (χ2v) is 3.57. The molecule has 0 saturated heterocycles. The second kappa shape index (κ2) is 6.32. The van der Waals surface area contributed by atoms with Crippen LogP contribution >= 0.6 is 0 Å². The lowest BCUT2D eigenvalue weighted by Gasteiger charge is -2.18. The van der Waals surface area contributed by atoms with Crippen molar-refractivity contribution in [2.75, 3.05) is 27.9 Å². The van der Waals surface area contributed by atoms with E-state index in [1.54, 1.807) is 33.5 Å². The maximum atomic E-state index is 8.91. The van der Waals surface area contributed by atoms with Gasteiger partial charge in [0.05, 0.1) is 21.3 Å². The SMILES string of the molecule is COc1cc(OC)c(C(N)CCO)cc1OC. The van der Waals surface area contributed by atoms with Gasteiger partial charge in [-0.2, -0.15) is 0 Å². The summed E-state index contributed by atoms with van der Waals surface area (Å²) in [7, 11) is 4.69. The summed E-state index contributed by atoms with van der Waals surface area (Å²) in [5.41, 5.74) is 6.75. The molecule has 0 aliphatic carbocycles. The molecule has 3 N–H and O–H groups in total. The molecule has 0 aromatic heterocycles. The highest BCUT2D eigenvalue weighted by Crippen LogP contribution is 2.37. The van der Waals surface area contributed by atoms with E-state index in [9.17, 15) is 0 Å². The minimum Gasteiger partial charge on any atom is -0.496 e. The summed E-state index contributed by atoms with van der Waals surface area (Å²) < 4.78 is 15.6. The Kier molecular flexibility index (Phi) is 5.06. The third-order valence-corrected chi connectivity index (χ3v) is 2.58. The minimum absolute atomic E-state index is 0.0265. The fourth-order valence-corrected chi connectivity index (χ4v) is 1.64. The van der Waals surface area contributed by atoms with Crippen LogP contribution in [-0.2, 0) is 0 Å². The monoisotopic (exact) mass is 241 g/mol. The molecule has 0 spiro atoms. The van der Waals surface area contributed by atoms with Gasteiger partial charge in [0, 0.05) is 24.3 Å². The number of hydrogen-bond acceptors (Lipinski definition) is 5. The Labute approximate surface area is 101 Å². The third kappa shape index (κ3) is 3.01. The van der Waals surface area contributed by atoms with Crippen molar-refractivity contribution in [1.29, 1.82) is 0 Å². The number of nitrogens with two attached hydrogens (primary N) is 1. The van der Waals surface area contributed by atoms with Crippen molar-refractivity contribution in [1.82, 2.24) is 0 Å². The first-order valence-corrected chi connectivity index (χ1v) is 5.34. The largest absolute Gasteiger partial charge is 0.496 e. The van der Waals surface area contributed by atoms with Crippen LogP contribution in [0.4, 0.5) is 0 Å². The third-order valence-electron chi connectivity index (χ3n) is 2.58. The van der Waals surface area contributed by atoms with Gasteiger partial charge in [0.2, 0.25) is 0 Å². The van der Waals surface area contributed by atoms with Gasteiger partial charge < -0.3 is 25.1 Å². The van der Waals surface area contributed by atoms with Gasteiger partial charge in [-0.15, -0.1) is 0 Å². The van der Waals surface area contributed by atoms with E-state index in [0.29, 0.717) is 23.7 Å². The predicted molar refractivity (Wildman–Crippen MR) is 64.7 cm³/mol. The Morgan fingerprint density at radius 3 is 2.06 bits per heavy atom. The first kappa shape index (κ1) is 13.6. The first-order chi connectivity index (χ1) is 8.17. The normalized spacial score (nSPS) is 12.1. The van der Waals surface area contributed by atoms with Gasteiger partial charge in [-0.05, 0) is 12.5 Å². The van der Waals surface area contributed by atoms with Crippen LogP contribution in [0, 0.1) is 0 Å². The molecule has 0 aliphatic rings. The number of ether oxygens (including phenoxy) is 3. The maximum Gasteiger partial charge on any atom is 0.164 e. The smallest absolute Gasteiger partial charge is 0.164 e. The molecule has 0 fully saturated rings. The molecule has 1 aromatic carbocycles. The van der Waals surface area contributed by atoms with Crippen LogP contribution in [0.1, 0.15) is 18.0 Å². The van der Waals surface area contributed by atoms with Gasteiger partial charge in [-0.25, -0.2) is 0 Å². The average molecular weight is 241 g/mol. The van der Waals surface area contributed by atoms with Crippen LogP contribution in [0.5, 0.6) is 17.2 Å². The molecule has 0 aliphatic heterocycles. The number of aliphatic hydroxyl groups is 1. The highest BCUT2D eigenvalue weighted by molar-refractivity contribution is 5.51. The Morgan fingerprint density at radius 1 is 1.06 bits per heavy atom. The lowest BCUT2D eigenvalue weighted by atomic mass is 10.0. The number of benzene rings is 1. The molecule has 5 heteroatoms. The maximum absolute atomic E-state index is 8.91. The molecular formula is C12H19NO4. The van der Waals surface area contributed by atoms with Crippen molar-refractivity contribution >= 4 is 0 Å². The van der Waals surface area contributed by atoms with Crippen LogP contribution in [0.25, 0.3) is 0 Å². The minimum atomic E-state index is -0.297. The number of rotatable bonds is 6. The summed E-state index contributed by atoms with van der Waals surface area (Å²) in [5, 5.41) is 8.91. The Hall–Kier alpha value is -1.46. The molecule has 5 nitrogen and oxygen atoms in total. The van der Waals surface area contributed by atoms with Crippen molar-refractivity contribution in [3.05, 3.63) is 17.7 Å². The Bertz CT molecular complexity index is 368. The van der Waals surface area contributed by atoms with Crippen molar-refractivity contribution < 1.29 is 19.3 Å². The predicted octanol–water partition coefficient (Wildman–Crippen LogP) is 1.09. The van der Waals surface area contributed by atoms with E-state index in [1.807, 2.05) is 0 Å². The summed E-state index contributed by atoms with van der Waals surface area (Å²) >= 11 is 0. The zero-order valence-corrected chi connectivity index (χ0v) is 10.4. The lowest BCUT2D eigenvalue weighted by molar-refractivity contribution is 0.274. The summed E-state index contributed by atoms with van der Waals surface area (Å²) in [6.07, 6.45) is 0.464. The van der Waals surface area contributed by atoms with E-state index in [1.165, 1.54) is 0 Å².